The average molecular weight is 307 g/mol. The number of thiazole rings is 1. The van der Waals surface area contributed by atoms with Crippen molar-refractivity contribution >= 4 is 22.9 Å². The lowest BCUT2D eigenvalue weighted by atomic mass is 10.1. The Hall–Kier alpha value is -2.28. The molecule has 1 amide bonds. The van der Waals surface area contributed by atoms with Crippen molar-refractivity contribution in [1.29, 1.82) is 0 Å². The van der Waals surface area contributed by atoms with Crippen molar-refractivity contribution in [3.8, 4) is 11.5 Å². The number of carbonyl (C=O) groups is 1. The molecule has 1 aromatic carbocycles. The van der Waals surface area contributed by atoms with E-state index in [0.717, 1.165) is 9.88 Å². The van der Waals surface area contributed by atoms with Crippen molar-refractivity contribution in [3.63, 3.8) is 0 Å². The zero-order valence-electron chi connectivity index (χ0n) is 12.1. The summed E-state index contributed by atoms with van der Waals surface area (Å²) in [7, 11) is 3.02. The van der Waals surface area contributed by atoms with Crippen LogP contribution in [0.2, 0.25) is 0 Å². The fraction of sp³-hybridized carbons (Fsp3) is 0.286. The molecule has 0 atom stereocenters. The molecule has 0 aliphatic carbocycles. The highest BCUT2D eigenvalue weighted by Gasteiger charge is 2.15. The average Bonchev–Trinajstić information content (AvgIpc) is 2.90. The number of nitrogens with one attached hydrogen (secondary N) is 1. The smallest absolute Gasteiger partial charge is 0.253 e. The molecular formula is C14H17N3O3S. The van der Waals surface area contributed by atoms with Gasteiger partial charge in [0.2, 0.25) is 0 Å². The standard InChI is InChI=1S/C14H17N3O3S/c1-8-6-16-13(21-8)7-17-14(18)9-4-11(19-2)12(20-3)5-10(9)15/h4-6H,7,15H2,1-3H3,(H,17,18). The number of hydrogen-bond donors (Lipinski definition) is 2. The molecule has 0 saturated heterocycles. The second-order valence-corrected chi connectivity index (χ2v) is 5.66. The van der Waals surface area contributed by atoms with E-state index in [2.05, 4.69) is 10.3 Å². The zero-order valence-corrected chi connectivity index (χ0v) is 12.9. The number of ether oxygens (including phenoxy) is 2. The van der Waals surface area contributed by atoms with Gasteiger partial charge in [-0.1, -0.05) is 0 Å². The molecule has 0 spiro atoms. The summed E-state index contributed by atoms with van der Waals surface area (Å²) >= 11 is 1.54. The number of hydrogen-bond acceptors (Lipinski definition) is 6. The number of nitrogen functional groups attached to an aromatic ring is 1. The first-order valence-corrected chi connectivity index (χ1v) is 7.07. The molecular weight excluding hydrogens is 290 g/mol. The second kappa shape index (κ2) is 6.45. The maximum atomic E-state index is 12.2. The highest BCUT2D eigenvalue weighted by molar-refractivity contribution is 7.11. The Balaban J connectivity index is 2.15. The number of aryl methyl sites for hydroxylation is 1. The molecule has 0 fully saturated rings. The predicted octanol–water partition coefficient (Wildman–Crippen LogP) is 1.98. The SMILES string of the molecule is COc1cc(N)c(C(=O)NCc2ncc(C)s2)cc1OC. The van der Waals surface area contributed by atoms with Crippen molar-refractivity contribution in [2.45, 2.75) is 13.5 Å². The lowest BCUT2D eigenvalue weighted by Gasteiger charge is -2.12. The molecule has 0 bridgehead atoms. The summed E-state index contributed by atoms with van der Waals surface area (Å²) in [5.41, 5.74) is 6.57. The summed E-state index contributed by atoms with van der Waals surface area (Å²) in [4.78, 5) is 17.5. The topological polar surface area (TPSA) is 86.5 Å². The van der Waals surface area contributed by atoms with Gasteiger partial charge in [0.25, 0.3) is 5.91 Å². The summed E-state index contributed by atoms with van der Waals surface area (Å²) in [6.07, 6.45) is 1.77. The molecule has 21 heavy (non-hydrogen) atoms. The third-order valence-electron chi connectivity index (χ3n) is 2.87. The highest BCUT2D eigenvalue weighted by atomic mass is 32.1. The van der Waals surface area contributed by atoms with Crippen molar-refractivity contribution in [2.24, 2.45) is 0 Å². The van der Waals surface area contributed by atoms with Gasteiger partial charge >= 0.3 is 0 Å². The summed E-state index contributed by atoms with van der Waals surface area (Å²) in [5, 5.41) is 3.64. The van der Waals surface area contributed by atoms with Gasteiger partial charge < -0.3 is 20.5 Å². The number of rotatable bonds is 5. The Bertz CT molecular complexity index is 655. The molecule has 1 heterocycles. The summed E-state index contributed by atoms with van der Waals surface area (Å²) in [5.74, 6) is 0.672. The van der Waals surface area contributed by atoms with E-state index in [0.29, 0.717) is 29.3 Å². The molecule has 0 radical (unpaired) electrons. The third kappa shape index (κ3) is 3.43. The number of carbonyl (C=O) groups excluding carboxylic acids is 1. The van der Waals surface area contributed by atoms with Crippen molar-refractivity contribution < 1.29 is 14.3 Å². The van der Waals surface area contributed by atoms with Crippen molar-refractivity contribution in [3.05, 3.63) is 33.8 Å². The Morgan fingerprint density at radius 1 is 1.33 bits per heavy atom. The minimum Gasteiger partial charge on any atom is -0.493 e. The van der Waals surface area contributed by atoms with Crippen LogP contribution in [0.15, 0.2) is 18.3 Å². The first kappa shape index (κ1) is 15.1. The molecule has 112 valence electrons. The lowest BCUT2D eigenvalue weighted by Crippen LogP contribution is -2.23. The first-order valence-electron chi connectivity index (χ1n) is 6.26. The fourth-order valence-corrected chi connectivity index (χ4v) is 2.55. The number of methoxy groups -OCH3 is 2. The minimum absolute atomic E-state index is 0.277. The Morgan fingerprint density at radius 2 is 2.00 bits per heavy atom. The number of anilines is 1. The van der Waals surface area contributed by atoms with Gasteiger partial charge in [0.1, 0.15) is 5.01 Å². The third-order valence-corrected chi connectivity index (χ3v) is 3.78. The number of nitrogens with zero attached hydrogens (tertiary/aromatic N) is 1. The van der Waals surface area contributed by atoms with Gasteiger partial charge in [-0.05, 0) is 13.0 Å². The van der Waals surface area contributed by atoms with Crippen LogP contribution in [0, 0.1) is 6.92 Å². The molecule has 7 heteroatoms. The van der Waals surface area contributed by atoms with E-state index in [1.54, 1.807) is 29.7 Å². The van der Waals surface area contributed by atoms with Crippen LogP contribution in [0.25, 0.3) is 0 Å². The van der Waals surface area contributed by atoms with Crippen LogP contribution in [0.3, 0.4) is 0 Å². The Kier molecular flexibility index (Phi) is 4.64. The number of amides is 1. The molecule has 0 aliphatic heterocycles. The van der Waals surface area contributed by atoms with Crippen LogP contribution in [-0.2, 0) is 6.54 Å². The molecule has 0 aliphatic rings. The van der Waals surface area contributed by atoms with Gasteiger partial charge in [-0.25, -0.2) is 4.98 Å². The van der Waals surface area contributed by atoms with Crippen molar-refractivity contribution in [2.75, 3.05) is 20.0 Å². The fourth-order valence-electron chi connectivity index (χ4n) is 1.83. The van der Waals surface area contributed by atoms with Crippen LogP contribution in [0.1, 0.15) is 20.2 Å². The Labute approximate surface area is 126 Å². The molecule has 1 aromatic heterocycles. The summed E-state index contributed by atoms with van der Waals surface area (Å²) in [6, 6.07) is 3.14. The molecule has 0 unspecified atom stereocenters. The van der Waals surface area contributed by atoms with Crippen LogP contribution in [0.5, 0.6) is 11.5 Å². The van der Waals surface area contributed by atoms with E-state index in [9.17, 15) is 4.79 Å². The van der Waals surface area contributed by atoms with E-state index in [1.165, 1.54) is 14.2 Å². The van der Waals surface area contributed by atoms with Gasteiger partial charge in [0, 0.05) is 22.8 Å². The monoisotopic (exact) mass is 307 g/mol. The first-order chi connectivity index (χ1) is 10.0. The van der Waals surface area contributed by atoms with Gasteiger partial charge in [0.15, 0.2) is 11.5 Å². The maximum absolute atomic E-state index is 12.2. The summed E-state index contributed by atoms with van der Waals surface area (Å²) < 4.78 is 10.3. The van der Waals surface area contributed by atoms with E-state index in [1.807, 2.05) is 6.92 Å². The largest absolute Gasteiger partial charge is 0.493 e. The molecule has 0 saturated carbocycles. The summed E-state index contributed by atoms with van der Waals surface area (Å²) in [6.45, 7) is 2.33. The van der Waals surface area contributed by atoms with Crippen LogP contribution in [0.4, 0.5) is 5.69 Å². The molecule has 2 aromatic rings. The quantitative estimate of drug-likeness (QED) is 0.825. The normalized spacial score (nSPS) is 10.2. The van der Waals surface area contributed by atoms with Gasteiger partial charge in [0.05, 0.1) is 26.3 Å². The van der Waals surface area contributed by atoms with E-state index >= 15 is 0 Å². The van der Waals surface area contributed by atoms with Crippen LogP contribution < -0.4 is 20.5 Å². The number of benzene rings is 1. The van der Waals surface area contributed by atoms with E-state index in [-0.39, 0.29) is 5.91 Å². The molecule has 2 rings (SSSR count). The van der Waals surface area contributed by atoms with Crippen LogP contribution in [-0.4, -0.2) is 25.1 Å². The zero-order chi connectivity index (χ0) is 15.4. The van der Waals surface area contributed by atoms with Gasteiger partial charge in [-0.15, -0.1) is 11.3 Å². The maximum Gasteiger partial charge on any atom is 0.253 e. The minimum atomic E-state index is -0.277. The molecule has 3 N–H and O–H groups in total. The van der Waals surface area contributed by atoms with Crippen molar-refractivity contribution in [1.82, 2.24) is 10.3 Å². The van der Waals surface area contributed by atoms with E-state index in [4.69, 9.17) is 15.2 Å². The molecule has 6 nitrogen and oxygen atoms in total. The van der Waals surface area contributed by atoms with Gasteiger partial charge in [-0.2, -0.15) is 0 Å². The lowest BCUT2D eigenvalue weighted by molar-refractivity contribution is 0.0951. The second-order valence-electron chi connectivity index (χ2n) is 4.34. The Morgan fingerprint density at radius 3 is 2.57 bits per heavy atom. The van der Waals surface area contributed by atoms with Gasteiger partial charge in [-0.3, -0.25) is 4.79 Å². The predicted molar refractivity (Wildman–Crippen MR) is 82.0 cm³/mol. The highest BCUT2D eigenvalue weighted by Crippen LogP contribution is 2.31. The van der Waals surface area contributed by atoms with E-state index < -0.39 is 0 Å². The number of nitrogens with two attached hydrogens (primary N) is 1. The number of aromatic nitrogens is 1. The van der Waals surface area contributed by atoms with Crippen LogP contribution >= 0.6 is 11.3 Å².